The average molecular weight is 978 g/mol. The Labute approximate surface area is 433 Å². The molecule has 0 saturated heterocycles. The van der Waals surface area contributed by atoms with Gasteiger partial charge in [-0.25, -0.2) is 0 Å². The number of ether oxygens (including phenoxy) is 3. The van der Waals surface area contributed by atoms with Gasteiger partial charge in [-0.2, -0.15) is 0 Å². The molecule has 0 amide bonds. The van der Waals surface area contributed by atoms with Gasteiger partial charge in [0, 0.05) is 19.3 Å². The molecule has 0 heterocycles. The first kappa shape index (κ1) is 66.9. The predicted octanol–water partition coefficient (Wildman–Crippen LogP) is 20.2. The highest BCUT2D eigenvalue weighted by molar-refractivity contribution is 5.71. The average Bonchev–Trinajstić information content (AvgIpc) is 3.36. The van der Waals surface area contributed by atoms with Crippen LogP contribution in [0.4, 0.5) is 0 Å². The van der Waals surface area contributed by atoms with E-state index in [9.17, 15) is 14.4 Å². The van der Waals surface area contributed by atoms with Crippen LogP contribution in [0.5, 0.6) is 0 Å². The molecule has 6 heteroatoms. The molecule has 0 aromatic rings. The minimum absolute atomic E-state index is 0.0858. The van der Waals surface area contributed by atoms with Crippen molar-refractivity contribution in [3.63, 3.8) is 0 Å². The summed E-state index contributed by atoms with van der Waals surface area (Å²) >= 11 is 0. The predicted molar refractivity (Wildman–Crippen MR) is 302 cm³/mol. The van der Waals surface area contributed by atoms with Crippen LogP contribution in [0, 0.1) is 0 Å². The summed E-state index contributed by atoms with van der Waals surface area (Å²) in [6, 6.07) is 0. The first-order valence-corrected chi connectivity index (χ1v) is 29.9. The van der Waals surface area contributed by atoms with Crippen molar-refractivity contribution in [2.75, 3.05) is 13.2 Å². The van der Waals surface area contributed by atoms with Crippen LogP contribution in [-0.2, 0) is 28.6 Å². The molecule has 0 radical (unpaired) electrons. The van der Waals surface area contributed by atoms with Crippen LogP contribution in [-0.4, -0.2) is 37.2 Å². The van der Waals surface area contributed by atoms with E-state index >= 15 is 0 Å². The Morgan fingerprint density at radius 2 is 0.557 bits per heavy atom. The molecule has 1 atom stereocenters. The van der Waals surface area contributed by atoms with E-state index in [1.165, 1.54) is 141 Å². The fraction of sp³-hybridized carbons (Fsp3) is 0.766. The van der Waals surface area contributed by atoms with Crippen molar-refractivity contribution < 1.29 is 28.6 Å². The number of carbonyl (C=O) groups excluding carboxylic acids is 3. The number of rotatable bonds is 54. The van der Waals surface area contributed by atoms with E-state index in [0.717, 1.165) is 116 Å². The lowest BCUT2D eigenvalue weighted by Crippen LogP contribution is -2.30. The maximum atomic E-state index is 12.9. The molecule has 0 saturated carbocycles. The van der Waals surface area contributed by atoms with E-state index in [4.69, 9.17) is 14.2 Å². The van der Waals surface area contributed by atoms with Gasteiger partial charge in [-0.15, -0.1) is 0 Å². The Morgan fingerprint density at radius 1 is 0.300 bits per heavy atom. The first-order chi connectivity index (χ1) is 34.5. The highest BCUT2D eigenvalue weighted by Crippen LogP contribution is 2.16. The van der Waals surface area contributed by atoms with Gasteiger partial charge >= 0.3 is 17.9 Å². The second-order valence-corrected chi connectivity index (χ2v) is 19.9. The minimum atomic E-state index is -0.787. The van der Waals surface area contributed by atoms with Crippen LogP contribution in [0.3, 0.4) is 0 Å². The van der Waals surface area contributed by atoms with Crippen LogP contribution in [0.1, 0.15) is 297 Å². The number of hydrogen-bond donors (Lipinski definition) is 0. The molecule has 70 heavy (non-hydrogen) atoms. The smallest absolute Gasteiger partial charge is 0.306 e. The number of hydrogen-bond acceptors (Lipinski definition) is 6. The Hall–Kier alpha value is -3.15. The quantitative estimate of drug-likeness (QED) is 0.0261. The van der Waals surface area contributed by atoms with Crippen molar-refractivity contribution >= 4 is 17.9 Å². The van der Waals surface area contributed by atoms with Crippen LogP contribution < -0.4 is 0 Å². The van der Waals surface area contributed by atoms with Gasteiger partial charge < -0.3 is 14.2 Å². The molecule has 0 aromatic carbocycles. The van der Waals surface area contributed by atoms with Gasteiger partial charge in [0.25, 0.3) is 0 Å². The maximum absolute atomic E-state index is 12.9. The van der Waals surface area contributed by atoms with Crippen molar-refractivity contribution in [3.05, 3.63) is 72.9 Å². The van der Waals surface area contributed by atoms with Gasteiger partial charge in [0.1, 0.15) is 13.2 Å². The molecule has 0 N–H and O–H groups in total. The van der Waals surface area contributed by atoms with Gasteiger partial charge in [-0.3, -0.25) is 14.4 Å². The Bertz CT molecular complexity index is 1310. The fourth-order valence-corrected chi connectivity index (χ4v) is 8.47. The van der Waals surface area contributed by atoms with E-state index < -0.39 is 6.10 Å². The second-order valence-electron chi connectivity index (χ2n) is 19.9. The fourth-order valence-electron chi connectivity index (χ4n) is 8.47. The normalized spacial score (nSPS) is 12.6. The highest BCUT2D eigenvalue weighted by Gasteiger charge is 2.19. The molecular formula is C64H112O6. The topological polar surface area (TPSA) is 78.9 Å². The van der Waals surface area contributed by atoms with E-state index in [0.29, 0.717) is 19.3 Å². The van der Waals surface area contributed by atoms with Gasteiger partial charge in [0.05, 0.1) is 0 Å². The van der Waals surface area contributed by atoms with Crippen LogP contribution >= 0.6 is 0 Å². The standard InChI is InChI=1S/C64H112O6/c1-4-7-10-13-16-19-22-25-28-30-32-34-36-39-42-45-48-51-54-57-63(66)69-60-61(59-68-62(65)56-53-50-47-44-41-38-35-27-24-21-18-15-12-9-6-3)70-64(67)58-55-52-49-46-43-40-37-33-31-29-26-23-20-17-14-11-8-5-2/h9,12,16,18-19,21,25,27-28,32,34-35,61H,4-8,10-11,13-15,17,20,22-24,26,29-31,33,36-60H2,1-3H3/b12-9-,19-16-,21-18-,28-25-,34-32-,35-27-. The lowest BCUT2D eigenvalue weighted by Gasteiger charge is -2.18. The first-order valence-electron chi connectivity index (χ1n) is 29.9. The highest BCUT2D eigenvalue weighted by atomic mass is 16.6. The third-order valence-electron chi connectivity index (χ3n) is 12.9. The summed E-state index contributed by atoms with van der Waals surface area (Å²) in [6.07, 6.45) is 74.6. The molecule has 6 nitrogen and oxygen atoms in total. The zero-order valence-electron chi connectivity index (χ0n) is 46.3. The lowest BCUT2D eigenvalue weighted by atomic mass is 10.0. The third kappa shape index (κ3) is 55.8. The van der Waals surface area contributed by atoms with Gasteiger partial charge in [0.2, 0.25) is 0 Å². The molecule has 0 aromatic heterocycles. The summed E-state index contributed by atoms with van der Waals surface area (Å²) in [5.41, 5.74) is 0. The van der Waals surface area contributed by atoms with Crippen molar-refractivity contribution in [3.8, 4) is 0 Å². The Balaban J connectivity index is 4.40. The summed E-state index contributed by atoms with van der Waals surface area (Å²) in [6.45, 7) is 6.51. The zero-order valence-corrected chi connectivity index (χ0v) is 46.3. The Kier molecular flexibility index (Phi) is 55.8. The largest absolute Gasteiger partial charge is 0.462 e. The molecule has 0 spiro atoms. The van der Waals surface area contributed by atoms with Crippen molar-refractivity contribution in [2.45, 2.75) is 303 Å². The van der Waals surface area contributed by atoms with Gasteiger partial charge in [-0.1, -0.05) is 261 Å². The van der Waals surface area contributed by atoms with E-state index in [2.05, 4.69) is 93.7 Å². The summed E-state index contributed by atoms with van der Waals surface area (Å²) in [5.74, 6) is -0.901. The molecule has 0 rings (SSSR count). The van der Waals surface area contributed by atoms with Crippen LogP contribution in [0.2, 0.25) is 0 Å². The minimum Gasteiger partial charge on any atom is -0.462 e. The monoisotopic (exact) mass is 977 g/mol. The number of unbranched alkanes of at least 4 members (excludes halogenated alkanes) is 31. The summed E-state index contributed by atoms with van der Waals surface area (Å²) in [5, 5.41) is 0. The number of esters is 3. The van der Waals surface area contributed by atoms with E-state index in [-0.39, 0.29) is 31.1 Å². The van der Waals surface area contributed by atoms with Crippen LogP contribution in [0.25, 0.3) is 0 Å². The summed E-state index contributed by atoms with van der Waals surface area (Å²) < 4.78 is 16.9. The third-order valence-corrected chi connectivity index (χ3v) is 12.9. The second kappa shape index (κ2) is 58.4. The van der Waals surface area contributed by atoms with Crippen LogP contribution in [0.15, 0.2) is 72.9 Å². The van der Waals surface area contributed by atoms with E-state index in [1.54, 1.807) is 0 Å². The lowest BCUT2D eigenvalue weighted by molar-refractivity contribution is -0.167. The molecule has 0 fully saturated rings. The number of carbonyl (C=O) groups is 3. The van der Waals surface area contributed by atoms with Gasteiger partial charge in [0.15, 0.2) is 6.10 Å². The molecule has 0 aliphatic rings. The van der Waals surface area contributed by atoms with Crippen molar-refractivity contribution in [1.82, 2.24) is 0 Å². The van der Waals surface area contributed by atoms with Crippen molar-refractivity contribution in [1.29, 1.82) is 0 Å². The SMILES string of the molecule is CC/C=C\C/C=C\C/C=C\CCCCCCCC(=O)OCC(COC(=O)CCCCCCCC/C=C\C/C=C\C/C=C\CCCCC)OC(=O)CCCCCCCCCCCCCCCCCCCC. The molecular weight excluding hydrogens is 865 g/mol. The molecule has 0 bridgehead atoms. The maximum Gasteiger partial charge on any atom is 0.306 e. The Morgan fingerprint density at radius 3 is 0.900 bits per heavy atom. The number of allylic oxidation sites excluding steroid dienone is 12. The molecule has 0 aliphatic heterocycles. The van der Waals surface area contributed by atoms with Crippen molar-refractivity contribution in [2.24, 2.45) is 0 Å². The zero-order chi connectivity index (χ0) is 50.7. The van der Waals surface area contributed by atoms with Gasteiger partial charge in [-0.05, 0) is 89.9 Å². The summed E-state index contributed by atoms with van der Waals surface area (Å²) in [4.78, 5) is 38.2. The molecule has 404 valence electrons. The summed E-state index contributed by atoms with van der Waals surface area (Å²) in [7, 11) is 0. The molecule has 0 aliphatic carbocycles. The van der Waals surface area contributed by atoms with E-state index in [1.807, 2.05) is 0 Å². The molecule has 1 unspecified atom stereocenters.